The highest BCUT2D eigenvalue weighted by Crippen LogP contribution is 2.27. The van der Waals surface area contributed by atoms with Gasteiger partial charge in [-0.1, -0.05) is 18.5 Å². The number of rotatable bonds is 4. The van der Waals surface area contributed by atoms with Crippen molar-refractivity contribution in [2.75, 3.05) is 18.9 Å². The Morgan fingerprint density at radius 2 is 2.05 bits per heavy atom. The van der Waals surface area contributed by atoms with Crippen LogP contribution in [-0.2, 0) is 0 Å². The molecule has 0 bridgehead atoms. The van der Waals surface area contributed by atoms with Gasteiger partial charge in [-0.25, -0.2) is 4.98 Å². The number of aromatic nitrogens is 1. The zero-order valence-electron chi connectivity index (χ0n) is 13.0. The summed E-state index contributed by atoms with van der Waals surface area (Å²) in [7, 11) is 1.89. The summed E-state index contributed by atoms with van der Waals surface area (Å²) in [6.45, 7) is 5.01. The van der Waals surface area contributed by atoms with Gasteiger partial charge in [0, 0.05) is 25.2 Å². The molecule has 21 heavy (non-hydrogen) atoms. The highest BCUT2D eigenvalue weighted by Gasteiger charge is 2.25. The fourth-order valence-electron chi connectivity index (χ4n) is 2.89. The highest BCUT2D eigenvalue weighted by atomic mass is 35.5. The summed E-state index contributed by atoms with van der Waals surface area (Å²) >= 11 is 6.02. The summed E-state index contributed by atoms with van der Waals surface area (Å²) in [5, 5.41) is 3.45. The molecule has 0 saturated heterocycles. The first-order valence-corrected chi connectivity index (χ1v) is 8.07. The molecule has 4 nitrogen and oxygen atoms in total. The van der Waals surface area contributed by atoms with Gasteiger partial charge in [-0.2, -0.15) is 0 Å². The normalized spacial score (nSPS) is 21.9. The molecule has 0 spiro atoms. The van der Waals surface area contributed by atoms with Gasteiger partial charge in [0.1, 0.15) is 11.0 Å². The van der Waals surface area contributed by atoms with E-state index in [-0.39, 0.29) is 5.91 Å². The number of hydrogen-bond acceptors (Lipinski definition) is 3. The number of carbonyl (C=O) groups excluding carboxylic acids is 1. The Hall–Kier alpha value is -1.29. The topological polar surface area (TPSA) is 45.2 Å². The van der Waals surface area contributed by atoms with Crippen LogP contribution in [-0.4, -0.2) is 35.4 Å². The predicted octanol–water partition coefficient (Wildman–Crippen LogP) is 3.82. The van der Waals surface area contributed by atoms with Gasteiger partial charge < -0.3 is 10.2 Å². The largest absolute Gasteiger partial charge is 0.370 e. The van der Waals surface area contributed by atoms with Crippen molar-refractivity contribution in [3.8, 4) is 0 Å². The Balaban J connectivity index is 2.11. The zero-order valence-corrected chi connectivity index (χ0v) is 13.8. The Morgan fingerprint density at radius 1 is 1.38 bits per heavy atom. The number of nitrogens with one attached hydrogen (secondary N) is 1. The van der Waals surface area contributed by atoms with Crippen LogP contribution in [0.25, 0.3) is 0 Å². The van der Waals surface area contributed by atoms with E-state index in [2.05, 4.69) is 17.2 Å². The first-order chi connectivity index (χ1) is 10.0. The monoisotopic (exact) mass is 309 g/mol. The third-order valence-electron chi connectivity index (χ3n) is 4.25. The lowest BCUT2D eigenvalue weighted by Gasteiger charge is -2.33. The van der Waals surface area contributed by atoms with Crippen LogP contribution < -0.4 is 5.32 Å². The fraction of sp³-hybridized carbons (Fsp3) is 0.625. The molecule has 1 aliphatic rings. The molecule has 0 unspecified atom stereocenters. The lowest BCUT2D eigenvalue weighted by molar-refractivity contribution is 0.0679. The smallest absolute Gasteiger partial charge is 0.254 e. The number of pyridine rings is 1. The summed E-state index contributed by atoms with van der Waals surface area (Å²) in [5.74, 6) is 1.46. The van der Waals surface area contributed by atoms with Gasteiger partial charge in [-0.15, -0.1) is 0 Å². The summed E-state index contributed by atoms with van der Waals surface area (Å²) in [5.41, 5.74) is 0.604. The van der Waals surface area contributed by atoms with Crippen LogP contribution >= 0.6 is 11.6 Å². The summed E-state index contributed by atoms with van der Waals surface area (Å²) in [4.78, 5) is 18.7. The van der Waals surface area contributed by atoms with Crippen LogP contribution in [0.4, 0.5) is 5.82 Å². The van der Waals surface area contributed by atoms with E-state index in [4.69, 9.17) is 11.6 Å². The van der Waals surface area contributed by atoms with E-state index < -0.39 is 0 Å². The van der Waals surface area contributed by atoms with Gasteiger partial charge >= 0.3 is 0 Å². The molecule has 1 saturated carbocycles. The van der Waals surface area contributed by atoms with Crippen molar-refractivity contribution in [2.24, 2.45) is 5.92 Å². The number of carbonyl (C=O) groups is 1. The standard InChI is InChI=1S/C16H24ClN3O/c1-4-18-15-10-12(9-14(17)19-15)16(21)20(3)13-7-5-11(2)6-8-13/h9-11,13H,4-8H2,1-3H3,(H,18,19). The first kappa shape index (κ1) is 16.1. The van der Waals surface area contributed by atoms with E-state index in [1.165, 1.54) is 12.8 Å². The second kappa shape index (κ2) is 7.12. The molecule has 2 rings (SSSR count). The maximum Gasteiger partial charge on any atom is 0.254 e. The Labute approximate surface area is 131 Å². The Kier molecular flexibility index (Phi) is 5.45. The van der Waals surface area contributed by atoms with Gasteiger partial charge in [-0.05, 0) is 50.7 Å². The SMILES string of the molecule is CCNc1cc(C(=O)N(C)C2CCC(C)CC2)cc(Cl)n1. The van der Waals surface area contributed by atoms with Crippen molar-refractivity contribution in [3.63, 3.8) is 0 Å². The number of hydrogen-bond donors (Lipinski definition) is 1. The van der Waals surface area contributed by atoms with E-state index >= 15 is 0 Å². The average molecular weight is 310 g/mol. The molecular weight excluding hydrogens is 286 g/mol. The van der Waals surface area contributed by atoms with Gasteiger partial charge in [0.2, 0.25) is 0 Å². The third-order valence-corrected chi connectivity index (χ3v) is 4.45. The predicted molar refractivity (Wildman–Crippen MR) is 86.9 cm³/mol. The summed E-state index contributed by atoms with van der Waals surface area (Å²) < 4.78 is 0. The molecular formula is C16H24ClN3O. The van der Waals surface area contributed by atoms with Gasteiger partial charge in [0.05, 0.1) is 0 Å². The number of anilines is 1. The van der Waals surface area contributed by atoms with Crippen LogP contribution in [0, 0.1) is 5.92 Å². The third kappa shape index (κ3) is 4.10. The van der Waals surface area contributed by atoms with E-state index in [1.54, 1.807) is 12.1 Å². The minimum absolute atomic E-state index is 0.0259. The van der Waals surface area contributed by atoms with Crippen molar-refractivity contribution >= 4 is 23.3 Å². The Bertz CT molecular complexity index is 498. The number of halogens is 1. The maximum atomic E-state index is 12.6. The average Bonchev–Trinajstić information content (AvgIpc) is 2.46. The molecule has 1 aromatic heterocycles. The lowest BCUT2D eigenvalue weighted by atomic mass is 9.86. The fourth-order valence-corrected chi connectivity index (χ4v) is 3.10. The van der Waals surface area contributed by atoms with Crippen molar-refractivity contribution in [2.45, 2.75) is 45.6 Å². The molecule has 1 N–H and O–H groups in total. The quantitative estimate of drug-likeness (QED) is 0.860. The second-order valence-electron chi connectivity index (χ2n) is 5.92. The molecule has 1 aliphatic carbocycles. The molecule has 0 atom stereocenters. The van der Waals surface area contributed by atoms with Gasteiger partial charge in [0.15, 0.2) is 0 Å². The molecule has 0 aromatic carbocycles. The van der Waals surface area contributed by atoms with Crippen molar-refractivity contribution < 1.29 is 4.79 Å². The first-order valence-electron chi connectivity index (χ1n) is 7.70. The molecule has 5 heteroatoms. The van der Waals surface area contributed by atoms with Crippen molar-refractivity contribution in [1.29, 1.82) is 0 Å². The van der Waals surface area contributed by atoms with Gasteiger partial charge in [-0.3, -0.25) is 4.79 Å². The van der Waals surface area contributed by atoms with Crippen molar-refractivity contribution in [3.05, 3.63) is 22.8 Å². The second-order valence-corrected chi connectivity index (χ2v) is 6.31. The van der Waals surface area contributed by atoms with Crippen LogP contribution in [0.15, 0.2) is 12.1 Å². The van der Waals surface area contributed by atoms with E-state index in [0.717, 1.165) is 25.3 Å². The molecule has 0 radical (unpaired) electrons. The van der Waals surface area contributed by atoms with Crippen LogP contribution in [0.3, 0.4) is 0 Å². The van der Waals surface area contributed by atoms with E-state index in [1.807, 2.05) is 18.9 Å². The van der Waals surface area contributed by atoms with Crippen LogP contribution in [0.2, 0.25) is 5.15 Å². The van der Waals surface area contributed by atoms with Crippen molar-refractivity contribution in [1.82, 2.24) is 9.88 Å². The molecule has 116 valence electrons. The molecule has 1 fully saturated rings. The maximum absolute atomic E-state index is 12.6. The van der Waals surface area contributed by atoms with Gasteiger partial charge in [0.25, 0.3) is 5.91 Å². The molecule has 0 aliphatic heterocycles. The zero-order chi connectivity index (χ0) is 15.4. The molecule has 1 aromatic rings. The lowest BCUT2D eigenvalue weighted by Crippen LogP contribution is -2.39. The molecule has 1 amide bonds. The Morgan fingerprint density at radius 3 is 2.67 bits per heavy atom. The minimum atomic E-state index is 0.0259. The van der Waals surface area contributed by atoms with Crippen LogP contribution in [0.5, 0.6) is 0 Å². The highest BCUT2D eigenvalue weighted by molar-refractivity contribution is 6.29. The van der Waals surface area contributed by atoms with E-state index in [9.17, 15) is 4.79 Å². The number of nitrogens with zero attached hydrogens (tertiary/aromatic N) is 2. The number of amides is 1. The van der Waals surface area contributed by atoms with Crippen LogP contribution in [0.1, 0.15) is 49.9 Å². The summed E-state index contributed by atoms with van der Waals surface area (Å²) in [6.07, 6.45) is 4.56. The summed E-state index contributed by atoms with van der Waals surface area (Å²) in [6, 6.07) is 3.76. The molecule has 1 heterocycles. The minimum Gasteiger partial charge on any atom is -0.370 e. The van der Waals surface area contributed by atoms with E-state index in [0.29, 0.717) is 22.6 Å².